The summed E-state index contributed by atoms with van der Waals surface area (Å²) in [5.41, 5.74) is 1.13. The molecular weight excluding hydrogens is 522 g/mol. The van der Waals surface area contributed by atoms with Crippen molar-refractivity contribution in [3.63, 3.8) is 0 Å². The van der Waals surface area contributed by atoms with Crippen LogP contribution in [-0.2, 0) is 11.3 Å². The highest BCUT2D eigenvalue weighted by Gasteiger charge is 2.33. The second kappa shape index (κ2) is 13.6. The van der Waals surface area contributed by atoms with Gasteiger partial charge in [-0.25, -0.2) is 9.37 Å². The molecule has 1 aliphatic rings. The molecule has 1 saturated carbocycles. The molecule has 1 fully saturated rings. The Morgan fingerprint density at radius 3 is 2.72 bits per heavy atom. The van der Waals surface area contributed by atoms with Crippen LogP contribution in [0, 0.1) is 11.2 Å². The van der Waals surface area contributed by atoms with Crippen molar-refractivity contribution in [3.05, 3.63) is 54.0 Å². The number of ether oxygens (including phenoxy) is 2. The fraction of sp³-hybridized carbons (Fsp3) is 0.500. The molecule has 0 atom stereocenters. The average Bonchev–Trinajstić information content (AvgIpc) is 3.24. The van der Waals surface area contributed by atoms with Gasteiger partial charge in [-0.2, -0.15) is 0 Å². The monoisotopic (exact) mass is 556 g/mol. The first kappa shape index (κ1) is 26.3. The number of halogens is 2. The van der Waals surface area contributed by atoms with E-state index < -0.39 is 0 Å². The van der Waals surface area contributed by atoms with Gasteiger partial charge in [0.25, 0.3) is 0 Å². The zero-order chi connectivity index (χ0) is 21.9. The number of hydrogen-bond acceptors (Lipinski definition) is 4. The lowest BCUT2D eigenvalue weighted by atomic mass is 9.83. The predicted octanol–water partition coefficient (Wildman–Crippen LogP) is 5.28. The Labute approximate surface area is 207 Å². The fourth-order valence-corrected chi connectivity index (χ4v) is 4.04. The third-order valence-electron chi connectivity index (χ3n) is 5.81. The highest BCUT2D eigenvalue weighted by Crippen LogP contribution is 2.40. The Bertz CT molecular complexity index is 859. The Balaban J connectivity index is 0.00000363. The lowest BCUT2D eigenvalue weighted by Crippen LogP contribution is -2.43. The molecule has 0 amide bonds. The first-order chi connectivity index (χ1) is 15.1. The maximum absolute atomic E-state index is 13.5. The van der Waals surface area contributed by atoms with Crippen LogP contribution in [0.1, 0.15) is 44.6 Å². The van der Waals surface area contributed by atoms with Crippen molar-refractivity contribution in [3.8, 4) is 11.6 Å². The van der Waals surface area contributed by atoms with Gasteiger partial charge in [0, 0.05) is 51.2 Å². The maximum Gasteiger partial charge on any atom is 0.224 e. The zero-order valence-corrected chi connectivity index (χ0v) is 21.2. The summed E-state index contributed by atoms with van der Waals surface area (Å²) in [6, 6.07) is 9.83. The number of aliphatic imine (C=N–C) groups is 1. The highest BCUT2D eigenvalue weighted by atomic mass is 127. The van der Waals surface area contributed by atoms with Crippen molar-refractivity contribution in [2.24, 2.45) is 10.4 Å². The molecule has 0 spiro atoms. The summed E-state index contributed by atoms with van der Waals surface area (Å²) in [7, 11) is 1.77. The van der Waals surface area contributed by atoms with E-state index >= 15 is 0 Å². The number of nitrogens with zero attached hydrogens (tertiary/aromatic N) is 2. The summed E-state index contributed by atoms with van der Waals surface area (Å²) in [4.78, 5) is 8.68. The molecule has 0 bridgehead atoms. The largest absolute Gasteiger partial charge is 0.439 e. The Hall–Kier alpha value is -1.94. The molecule has 3 rings (SSSR count). The average molecular weight is 556 g/mol. The van der Waals surface area contributed by atoms with E-state index in [1.807, 2.05) is 19.1 Å². The van der Waals surface area contributed by atoms with E-state index in [1.165, 1.54) is 37.8 Å². The van der Waals surface area contributed by atoms with Crippen molar-refractivity contribution < 1.29 is 13.9 Å². The number of hydrogen-bond donors (Lipinski definition) is 2. The van der Waals surface area contributed by atoms with E-state index in [9.17, 15) is 4.39 Å². The van der Waals surface area contributed by atoms with Crippen LogP contribution >= 0.6 is 24.0 Å². The van der Waals surface area contributed by atoms with Gasteiger partial charge in [-0.3, -0.25) is 4.99 Å². The van der Waals surface area contributed by atoms with Crippen LogP contribution in [0.5, 0.6) is 11.6 Å². The SMILES string of the molecule is CCOCCC1(CNC(=NC)NCc2cccnc2Oc2cccc(F)c2)CCCC1.I. The molecule has 0 aliphatic heterocycles. The molecule has 1 heterocycles. The molecule has 32 heavy (non-hydrogen) atoms. The first-order valence-corrected chi connectivity index (χ1v) is 11.0. The van der Waals surface area contributed by atoms with Gasteiger partial charge in [0.2, 0.25) is 5.88 Å². The molecule has 1 aromatic heterocycles. The van der Waals surface area contributed by atoms with Crippen molar-refractivity contribution in [1.29, 1.82) is 0 Å². The summed E-state index contributed by atoms with van der Waals surface area (Å²) in [5.74, 6) is 1.26. The minimum atomic E-state index is -0.345. The van der Waals surface area contributed by atoms with E-state index in [0.717, 1.165) is 37.7 Å². The van der Waals surface area contributed by atoms with Gasteiger partial charge in [0.05, 0.1) is 0 Å². The molecule has 0 radical (unpaired) electrons. The van der Waals surface area contributed by atoms with Crippen LogP contribution in [0.25, 0.3) is 0 Å². The van der Waals surface area contributed by atoms with E-state index in [0.29, 0.717) is 18.2 Å². The topological polar surface area (TPSA) is 67.8 Å². The predicted molar refractivity (Wildman–Crippen MR) is 136 cm³/mol. The lowest BCUT2D eigenvalue weighted by Gasteiger charge is -2.30. The number of pyridine rings is 1. The zero-order valence-electron chi connectivity index (χ0n) is 18.9. The smallest absolute Gasteiger partial charge is 0.224 e. The molecular formula is C24H34FIN4O2. The molecule has 2 aromatic rings. The number of benzene rings is 1. The summed E-state index contributed by atoms with van der Waals surface area (Å²) < 4.78 is 24.9. The Kier molecular flexibility index (Phi) is 11.2. The first-order valence-electron chi connectivity index (χ1n) is 11.0. The van der Waals surface area contributed by atoms with Gasteiger partial charge < -0.3 is 20.1 Å². The number of rotatable bonds is 10. The van der Waals surface area contributed by atoms with Crippen molar-refractivity contribution in [2.75, 3.05) is 26.8 Å². The summed E-state index contributed by atoms with van der Waals surface area (Å²) in [6.07, 6.45) is 7.72. The quantitative estimate of drug-likeness (QED) is 0.180. The van der Waals surface area contributed by atoms with Crippen LogP contribution in [0.15, 0.2) is 47.6 Å². The van der Waals surface area contributed by atoms with E-state index in [1.54, 1.807) is 25.4 Å². The lowest BCUT2D eigenvalue weighted by molar-refractivity contribution is 0.105. The number of guanidine groups is 1. The normalized spacial score (nSPS) is 15.2. The molecule has 6 nitrogen and oxygen atoms in total. The van der Waals surface area contributed by atoms with Gasteiger partial charge in [-0.15, -0.1) is 24.0 Å². The molecule has 2 N–H and O–H groups in total. The molecule has 0 unspecified atom stereocenters. The second-order valence-corrected chi connectivity index (χ2v) is 7.96. The molecule has 176 valence electrons. The maximum atomic E-state index is 13.5. The molecule has 8 heteroatoms. The third kappa shape index (κ3) is 7.88. The third-order valence-corrected chi connectivity index (χ3v) is 5.81. The van der Waals surface area contributed by atoms with Crippen LogP contribution in [0.3, 0.4) is 0 Å². The minimum Gasteiger partial charge on any atom is -0.439 e. The Morgan fingerprint density at radius 1 is 1.19 bits per heavy atom. The fourth-order valence-electron chi connectivity index (χ4n) is 4.04. The van der Waals surface area contributed by atoms with Crippen molar-refractivity contribution in [2.45, 2.75) is 45.6 Å². The van der Waals surface area contributed by atoms with E-state index in [-0.39, 0.29) is 35.2 Å². The highest BCUT2D eigenvalue weighted by molar-refractivity contribution is 14.0. The molecule has 0 saturated heterocycles. The number of aromatic nitrogens is 1. The Morgan fingerprint density at radius 2 is 2.00 bits per heavy atom. The summed E-state index contributed by atoms with van der Waals surface area (Å²) in [5, 5.41) is 6.84. The molecule has 1 aliphatic carbocycles. The van der Waals surface area contributed by atoms with Crippen molar-refractivity contribution >= 4 is 29.9 Å². The summed E-state index contributed by atoms with van der Waals surface area (Å²) in [6.45, 7) is 4.97. The van der Waals surface area contributed by atoms with Crippen LogP contribution < -0.4 is 15.4 Å². The number of nitrogens with one attached hydrogen (secondary N) is 2. The van der Waals surface area contributed by atoms with Gasteiger partial charge in [-0.05, 0) is 49.8 Å². The second-order valence-electron chi connectivity index (χ2n) is 7.96. The van der Waals surface area contributed by atoms with Crippen LogP contribution in [0.4, 0.5) is 4.39 Å². The summed E-state index contributed by atoms with van der Waals surface area (Å²) >= 11 is 0. The van der Waals surface area contributed by atoms with Gasteiger partial charge in [0.1, 0.15) is 11.6 Å². The van der Waals surface area contributed by atoms with Crippen molar-refractivity contribution in [1.82, 2.24) is 15.6 Å². The molecule has 1 aromatic carbocycles. The van der Waals surface area contributed by atoms with Gasteiger partial charge in [-0.1, -0.05) is 25.0 Å². The van der Waals surface area contributed by atoms with Gasteiger partial charge in [0.15, 0.2) is 5.96 Å². The standard InChI is InChI=1S/C24H33FN4O2.HI/c1-3-30-15-13-24(11-4-5-12-24)18-29-23(26-2)28-17-19-8-7-14-27-22(19)31-21-10-6-9-20(25)16-21;/h6-10,14,16H,3-5,11-13,15,17-18H2,1-2H3,(H2,26,28,29);1H. The van der Waals surface area contributed by atoms with Gasteiger partial charge >= 0.3 is 0 Å². The minimum absolute atomic E-state index is 0. The van der Waals surface area contributed by atoms with E-state index in [4.69, 9.17) is 9.47 Å². The van der Waals surface area contributed by atoms with Crippen LogP contribution in [-0.4, -0.2) is 37.7 Å². The van der Waals surface area contributed by atoms with E-state index in [2.05, 4.69) is 20.6 Å². The van der Waals surface area contributed by atoms with Crippen LogP contribution in [0.2, 0.25) is 0 Å².